The van der Waals surface area contributed by atoms with E-state index in [1.54, 1.807) is 0 Å². The van der Waals surface area contributed by atoms with E-state index in [0.29, 0.717) is 11.1 Å². The van der Waals surface area contributed by atoms with E-state index in [1.165, 1.54) is 12.1 Å². The van der Waals surface area contributed by atoms with E-state index in [1.807, 2.05) is 0 Å². The second kappa shape index (κ2) is 6.21. The molecule has 0 aliphatic carbocycles. The van der Waals surface area contributed by atoms with Gasteiger partial charge in [0.25, 0.3) is 0 Å². The molecule has 0 saturated carbocycles. The lowest BCUT2D eigenvalue weighted by Crippen LogP contribution is -2.32. The van der Waals surface area contributed by atoms with E-state index in [4.69, 9.17) is 4.74 Å². The highest BCUT2D eigenvalue weighted by molar-refractivity contribution is 9.10. The molecular weight excluding hydrogens is 350 g/mol. The van der Waals surface area contributed by atoms with Crippen LogP contribution < -0.4 is 9.83 Å². The van der Waals surface area contributed by atoms with Gasteiger partial charge in [0.15, 0.2) is 0 Å². The zero-order valence-corrected chi connectivity index (χ0v) is 12.9. The van der Waals surface area contributed by atoms with Gasteiger partial charge in [-0.05, 0) is 36.6 Å². The molecule has 1 heterocycles. The number of carboxylic acid groups (broad SMARTS) is 1. The van der Waals surface area contributed by atoms with Gasteiger partial charge in [-0.3, -0.25) is 0 Å². The normalized spacial score (nSPS) is 19.1. The van der Waals surface area contributed by atoms with Crippen molar-refractivity contribution in [1.82, 2.24) is 4.72 Å². The van der Waals surface area contributed by atoms with Crippen LogP contribution in [-0.4, -0.2) is 33.6 Å². The van der Waals surface area contributed by atoms with Gasteiger partial charge in [-0.15, -0.1) is 0 Å². The largest absolute Gasteiger partial charge is 0.545 e. The van der Waals surface area contributed by atoms with Gasteiger partial charge in [-0.1, -0.05) is 15.9 Å². The Hall–Kier alpha value is -0.960. The van der Waals surface area contributed by atoms with Gasteiger partial charge in [-0.25, -0.2) is 13.1 Å². The van der Waals surface area contributed by atoms with Crippen LogP contribution in [0.25, 0.3) is 0 Å². The molecule has 0 unspecified atom stereocenters. The SMILES string of the molecule is O=C([O-])c1cc(Br)cc(S(=O)(=O)NC[C@@H]2CCCO2)c1. The maximum Gasteiger partial charge on any atom is 0.240 e. The maximum atomic E-state index is 12.1. The van der Waals surface area contributed by atoms with Crippen molar-refractivity contribution in [3.8, 4) is 0 Å². The Kier molecular flexibility index (Phi) is 4.79. The summed E-state index contributed by atoms with van der Waals surface area (Å²) < 4.78 is 32.3. The van der Waals surface area contributed by atoms with E-state index in [-0.39, 0.29) is 23.1 Å². The maximum absolute atomic E-state index is 12.1. The van der Waals surface area contributed by atoms with Crippen molar-refractivity contribution in [2.75, 3.05) is 13.2 Å². The van der Waals surface area contributed by atoms with Crippen molar-refractivity contribution >= 4 is 31.9 Å². The monoisotopic (exact) mass is 362 g/mol. The standard InChI is InChI=1S/C12H14BrNO5S/c13-9-4-8(12(15)16)5-11(6-9)20(17,18)14-7-10-2-1-3-19-10/h4-6,10,14H,1-3,7H2,(H,15,16)/p-1/t10-/m0/s1. The third-order valence-corrected chi connectivity index (χ3v) is 4.80. The summed E-state index contributed by atoms with van der Waals surface area (Å²) in [6, 6.07) is 3.69. The number of ether oxygens (including phenoxy) is 1. The first kappa shape index (κ1) is 15.4. The quantitative estimate of drug-likeness (QED) is 0.810. The van der Waals surface area contributed by atoms with Crippen molar-refractivity contribution < 1.29 is 23.1 Å². The average molecular weight is 363 g/mol. The summed E-state index contributed by atoms with van der Waals surface area (Å²) in [6.07, 6.45) is 1.60. The van der Waals surface area contributed by atoms with Crippen LogP contribution in [-0.2, 0) is 14.8 Å². The second-order valence-electron chi connectivity index (χ2n) is 4.45. The summed E-state index contributed by atoms with van der Waals surface area (Å²) in [5.74, 6) is -1.43. The zero-order valence-electron chi connectivity index (χ0n) is 10.5. The molecule has 1 aliphatic heterocycles. The van der Waals surface area contributed by atoms with E-state index in [0.717, 1.165) is 18.9 Å². The molecule has 110 valence electrons. The van der Waals surface area contributed by atoms with Gasteiger partial charge in [-0.2, -0.15) is 0 Å². The first-order chi connectivity index (χ1) is 9.38. The summed E-state index contributed by atoms with van der Waals surface area (Å²) in [5.41, 5.74) is -0.197. The number of rotatable bonds is 5. The molecule has 8 heteroatoms. The molecule has 0 bridgehead atoms. The van der Waals surface area contributed by atoms with Crippen molar-refractivity contribution in [2.45, 2.75) is 23.8 Å². The van der Waals surface area contributed by atoms with Crippen LogP contribution in [0.4, 0.5) is 0 Å². The number of carbonyl (C=O) groups excluding carboxylic acids is 1. The van der Waals surface area contributed by atoms with Crippen LogP contribution >= 0.6 is 15.9 Å². The number of hydrogen-bond acceptors (Lipinski definition) is 5. The predicted molar refractivity (Wildman–Crippen MR) is 72.6 cm³/mol. The van der Waals surface area contributed by atoms with Crippen molar-refractivity contribution in [1.29, 1.82) is 0 Å². The Balaban J connectivity index is 2.17. The van der Waals surface area contributed by atoms with Crippen molar-refractivity contribution in [3.63, 3.8) is 0 Å². The summed E-state index contributed by atoms with van der Waals surface area (Å²) in [7, 11) is -3.78. The molecular formula is C12H13BrNO5S-. The number of nitrogens with one attached hydrogen (secondary N) is 1. The Morgan fingerprint density at radius 3 is 2.80 bits per heavy atom. The minimum atomic E-state index is -3.78. The number of aromatic carboxylic acids is 1. The van der Waals surface area contributed by atoms with Crippen LogP contribution in [0.1, 0.15) is 23.2 Å². The van der Waals surface area contributed by atoms with Crippen molar-refractivity contribution in [2.24, 2.45) is 0 Å². The highest BCUT2D eigenvalue weighted by atomic mass is 79.9. The van der Waals surface area contributed by atoms with Gasteiger partial charge < -0.3 is 14.6 Å². The van der Waals surface area contributed by atoms with Crippen LogP contribution in [0.15, 0.2) is 27.6 Å². The lowest BCUT2D eigenvalue weighted by molar-refractivity contribution is -0.255. The minimum Gasteiger partial charge on any atom is -0.545 e. The fourth-order valence-electron chi connectivity index (χ4n) is 1.93. The highest BCUT2D eigenvalue weighted by Gasteiger charge is 2.21. The van der Waals surface area contributed by atoms with E-state index in [2.05, 4.69) is 20.7 Å². The van der Waals surface area contributed by atoms with Gasteiger partial charge in [0.1, 0.15) is 0 Å². The lowest BCUT2D eigenvalue weighted by atomic mass is 10.2. The number of benzene rings is 1. The fraction of sp³-hybridized carbons (Fsp3) is 0.417. The summed E-state index contributed by atoms with van der Waals surface area (Å²) in [5, 5.41) is 10.8. The van der Waals surface area contributed by atoms with Gasteiger partial charge in [0.2, 0.25) is 10.0 Å². The summed E-state index contributed by atoms with van der Waals surface area (Å²) in [6.45, 7) is 0.813. The molecule has 1 aromatic rings. The average Bonchev–Trinajstić information content (AvgIpc) is 2.89. The number of sulfonamides is 1. The molecule has 1 saturated heterocycles. The van der Waals surface area contributed by atoms with E-state index in [9.17, 15) is 18.3 Å². The second-order valence-corrected chi connectivity index (χ2v) is 7.13. The van der Waals surface area contributed by atoms with Gasteiger partial charge in [0, 0.05) is 17.6 Å². The minimum absolute atomic E-state index is 0.121. The molecule has 1 N–H and O–H groups in total. The fourth-order valence-corrected chi connectivity index (χ4v) is 3.71. The molecule has 1 atom stereocenters. The topological polar surface area (TPSA) is 95.5 Å². The highest BCUT2D eigenvalue weighted by Crippen LogP contribution is 2.20. The molecule has 1 fully saturated rings. The Labute approximate surface area is 125 Å². The Morgan fingerprint density at radius 1 is 1.45 bits per heavy atom. The van der Waals surface area contributed by atoms with E-state index >= 15 is 0 Å². The number of carboxylic acids is 1. The molecule has 1 aromatic carbocycles. The molecule has 0 spiro atoms. The van der Waals surface area contributed by atoms with Crippen molar-refractivity contribution in [3.05, 3.63) is 28.2 Å². The summed E-state index contributed by atoms with van der Waals surface area (Å²) >= 11 is 3.08. The van der Waals surface area contributed by atoms with Crippen LogP contribution in [0.5, 0.6) is 0 Å². The molecule has 0 amide bonds. The first-order valence-corrected chi connectivity index (χ1v) is 8.29. The Morgan fingerprint density at radius 2 is 2.20 bits per heavy atom. The molecule has 2 rings (SSSR count). The number of hydrogen-bond donors (Lipinski definition) is 1. The van der Waals surface area contributed by atoms with Gasteiger partial charge in [0.05, 0.1) is 17.0 Å². The number of carbonyl (C=O) groups is 1. The van der Waals surface area contributed by atoms with Gasteiger partial charge >= 0.3 is 0 Å². The molecule has 0 radical (unpaired) electrons. The van der Waals surface area contributed by atoms with Crippen LogP contribution in [0.3, 0.4) is 0 Å². The lowest BCUT2D eigenvalue weighted by Gasteiger charge is -2.13. The predicted octanol–water partition coefficient (Wildman–Crippen LogP) is 0.270. The third-order valence-electron chi connectivity index (χ3n) is 2.94. The van der Waals surface area contributed by atoms with Crippen LogP contribution in [0.2, 0.25) is 0 Å². The molecule has 20 heavy (non-hydrogen) atoms. The Bertz CT molecular complexity index is 610. The zero-order chi connectivity index (χ0) is 14.8. The third kappa shape index (κ3) is 3.78. The smallest absolute Gasteiger partial charge is 0.240 e. The molecule has 0 aromatic heterocycles. The molecule has 6 nitrogen and oxygen atoms in total. The number of halogens is 1. The first-order valence-electron chi connectivity index (χ1n) is 6.02. The van der Waals surface area contributed by atoms with Crippen LogP contribution in [0, 0.1) is 0 Å². The summed E-state index contributed by atoms with van der Waals surface area (Å²) in [4.78, 5) is 10.7. The molecule has 1 aliphatic rings. The van der Waals surface area contributed by atoms with E-state index < -0.39 is 16.0 Å².